The third-order valence-electron chi connectivity index (χ3n) is 2.68. The van der Waals surface area contributed by atoms with Crippen molar-refractivity contribution in [1.82, 2.24) is 0 Å². The molecule has 0 bridgehead atoms. The molecule has 0 atom stereocenters. The van der Waals surface area contributed by atoms with E-state index in [0.717, 1.165) is 16.9 Å². The Morgan fingerprint density at radius 2 is 1.85 bits per heavy atom. The zero-order valence-electron chi connectivity index (χ0n) is 10.9. The lowest BCUT2D eigenvalue weighted by Crippen LogP contribution is -2.06. The van der Waals surface area contributed by atoms with E-state index < -0.39 is 0 Å². The van der Waals surface area contributed by atoms with Crippen LogP contribution in [0.3, 0.4) is 0 Å². The van der Waals surface area contributed by atoms with E-state index in [2.05, 4.69) is 10.6 Å². The van der Waals surface area contributed by atoms with Crippen molar-refractivity contribution in [2.75, 3.05) is 10.6 Å². The van der Waals surface area contributed by atoms with Crippen LogP contribution in [0.2, 0.25) is 10.0 Å². The number of hydrogen-bond acceptors (Lipinski definition) is 2. The van der Waals surface area contributed by atoms with Crippen molar-refractivity contribution in [3.63, 3.8) is 0 Å². The van der Waals surface area contributed by atoms with Crippen LogP contribution in [0.25, 0.3) is 0 Å². The van der Waals surface area contributed by atoms with Crippen LogP contribution >= 0.6 is 23.2 Å². The maximum absolute atomic E-state index is 11.0. The summed E-state index contributed by atoms with van der Waals surface area (Å²) in [7, 11) is 0. The largest absolute Gasteiger partial charge is 0.381 e. The molecular weight excluding hydrogens is 295 g/mol. The normalized spacial score (nSPS) is 10.2. The molecule has 20 heavy (non-hydrogen) atoms. The standard InChI is InChI=1S/C15H14Cl2N2O/c1-10(20)19-14-4-2-3-13(8-14)18-9-11-5-6-12(16)7-15(11)17/h2-8,18H,9H2,1H3,(H,19,20). The molecule has 1 amide bonds. The topological polar surface area (TPSA) is 41.1 Å². The van der Waals surface area contributed by atoms with Gasteiger partial charge in [-0.25, -0.2) is 0 Å². The van der Waals surface area contributed by atoms with E-state index in [1.807, 2.05) is 30.3 Å². The average Bonchev–Trinajstić information content (AvgIpc) is 2.37. The van der Waals surface area contributed by atoms with Crippen LogP contribution < -0.4 is 10.6 Å². The molecule has 2 N–H and O–H groups in total. The second-order valence-corrected chi connectivity index (χ2v) is 5.19. The molecule has 104 valence electrons. The quantitative estimate of drug-likeness (QED) is 0.869. The number of benzene rings is 2. The Bertz CT molecular complexity index is 629. The van der Waals surface area contributed by atoms with Gasteiger partial charge in [0.15, 0.2) is 0 Å². The number of rotatable bonds is 4. The Morgan fingerprint density at radius 3 is 2.55 bits per heavy atom. The minimum absolute atomic E-state index is 0.0945. The SMILES string of the molecule is CC(=O)Nc1cccc(NCc2ccc(Cl)cc2Cl)c1. The highest BCUT2D eigenvalue weighted by molar-refractivity contribution is 6.35. The summed E-state index contributed by atoms with van der Waals surface area (Å²) in [5.74, 6) is -0.0945. The molecule has 5 heteroatoms. The summed E-state index contributed by atoms with van der Waals surface area (Å²) in [6.45, 7) is 2.06. The van der Waals surface area contributed by atoms with Crippen molar-refractivity contribution in [2.24, 2.45) is 0 Å². The monoisotopic (exact) mass is 308 g/mol. The van der Waals surface area contributed by atoms with E-state index in [1.165, 1.54) is 6.92 Å². The average molecular weight is 309 g/mol. The Labute approximate surface area is 127 Å². The van der Waals surface area contributed by atoms with Gasteiger partial charge in [0.2, 0.25) is 5.91 Å². The van der Waals surface area contributed by atoms with Gasteiger partial charge in [-0.1, -0.05) is 35.3 Å². The van der Waals surface area contributed by atoms with Crippen molar-refractivity contribution in [3.05, 3.63) is 58.1 Å². The molecule has 0 unspecified atom stereocenters. The van der Waals surface area contributed by atoms with E-state index >= 15 is 0 Å². The highest BCUT2D eigenvalue weighted by Gasteiger charge is 2.02. The van der Waals surface area contributed by atoms with Gasteiger partial charge in [0.05, 0.1) is 0 Å². The summed E-state index contributed by atoms with van der Waals surface area (Å²) in [6, 6.07) is 12.9. The number of carbonyl (C=O) groups excluding carboxylic acids is 1. The van der Waals surface area contributed by atoms with E-state index in [0.29, 0.717) is 16.6 Å². The second-order valence-electron chi connectivity index (χ2n) is 4.35. The highest BCUT2D eigenvalue weighted by Crippen LogP contribution is 2.22. The van der Waals surface area contributed by atoms with Gasteiger partial charge >= 0.3 is 0 Å². The summed E-state index contributed by atoms with van der Waals surface area (Å²) in [4.78, 5) is 11.0. The molecule has 0 heterocycles. The first kappa shape index (κ1) is 14.7. The van der Waals surface area contributed by atoms with Crippen LogP contribution in [-0.4, -0.2) is 5.91 Å². The van der Waals surface area contributed by atoms with Gasteiger partial charge in [-0.05, 0) is 35.9 Å². The van der Waals surface area contributed by atoms with Gasteiger partial charge in [0.25, 0.3) is 0 Å². The zero-order valence-corrected chi connectivity index (χ0v) is 12.4. The lowest BCUT2D eigenvalue weighted by atomic mass is 10.2. The summed E-state index contributed by atoms with van der Waals surface area (Å²) in [5, 5.41) is 7.24. The van der Waals surface area contributed by atoms with Crippen molar-refractivity contribution >= 4 is 40.5 Å². The van der Waals surface area contributed by atoms with Crippen LogP contribution in [0.5, 0.6) is 0 Å². The molecule has 0 spiro atoms. The summed E-state index contributed by atoms with van der Waals surface area (Å²) in [6.07, 6.45) is 0. The highest BCUT2D eigenvalue weighted by atomic mass is 35.5. The first-order chi connectivity index (χ1) is 9.54. The number of nitrogens with one attached hydrogen (secondary N) is 2. The molecule has 0 fully saturated rings. The van der Waals surface area contributed by atoms with Crippen LogP contribution in [0.15, 0.2) is 42.5 Å². The number of halogens is 2. The number of hydrogen-bond donors (Lipinski definition) is 2. The van der Waals surface area contributed by atoms with Gasteiger partial charge < -0.3 is 10.6 Å². The minimum atomic E-state index is -0.0945. The third-order valence-corrected chi connectivity index (χ3v) is 3.27. The van der Waals surface area contributed by atoms with Gasteiger partial charge in [-0.2, -0.15) is 0 Å². The molecule has 0 aliphatic rings. The van der Waals surface area contributed by atoms with E-state index in [-0.39, 0.29) is 5.91 Å². The smallest absolute Gasteiger partial charge is 0.221 e. The maximum Gasteiger partial charge on any atom is 0.221 e. The summed E-state index contributed by atoms with van der Waals surface area (Å²) >= 11 is 12.0. The zero-order chi connectivity index (χ0) is 14.5. The van der Waals surface area contributed by atoms with E-state index in [1.54, 1.807) is 12.1 Å². The number of anilines is 2. The molecule has 0 aromatic heterocycles. The van der Waals surface area contributed by atoms with Crippen molar-refractivity contribution in [1.29, 1.82) is 0 Å². The van der Waals surface area contributed by atoms with Gasteiger partial charge in [-0.15, -0.1) is 0 Å². The minimum Gasteiger partial charge on any atom is -0.381 e. The van der Waals surface area contributed by atoms with Gasteiger partial charge in [-0.3, -0.25) is 4.79 Å². The maximum atomic E-state index is 11.0. The fraction of sp³-hybridized carbons (Fsp3) is 0.133. The molecular formula is C15H14Cl2N2O. The van der Waals surface area contributed by atoms with Crippen molar-refractivity contribution in [3.8, 4) is 0 Å². The van der Waals surface area contributed by atoms with Crippen LogP contribution in [-0.2, 0) is 11.3 Å². The van der Waals surface area contributed by atoms with E-state index in [4.69, 9.17) is 23.2 Å². The molecule has 0 radical (unpaired) electrons. The molecule has 2 aromatic rings. The fourth-order valence-electron chi connectivity index (χ4n) is 1.77. The van der Waals surface area contributed by atoms with Crippen LogP contribution in [0.1, 0.15) is 12.5 Å². The lowest BCUT2D eigenvalue weighted by molar-refractivity contribution is -0.114. The molecule has 0 saturated heterocycles. The molecule has 2 rings (SSSR count). The van der Waals surface area contributed by atoms with E-state index in [9.17, 15) is 4.79 Å². The summed E-state index contributed by atoms with van der Waals surface area (Å²) < 4.78 is 0. The fourth-order valence-corrected chi connectivity index (χ4v) is 2.25. The predicted octanol–water partition coefficient (Wildman–Crippen LogP) is 4.56. The Hall–Kier alpha value is -1.71. The first-order valence-corrected chi connectivity index (χ1v) is 6.85. The Balaban J connectivity index is 2.05. The van der Waals surface area contributed by atoms with Gasteiger partial charge in [0.1, 0.15) is 0 Å². The Kier molecular flexibility index (Phi) is 4.88. The Morgan fingerprint density at radius 1 is 1.10 bits per heavy atom. The first-order valence-electron chi connectivity index (χ1n) is 6.10. The molecule has 0 aliphatic carbocycles. The number of amides is 1. The molecule has 0 saturated carbocycles. The third kappa shape index (κ3) is 4.15. The van der Waals surface area contributed by atoms with Crippen molar-refractivity contribution in [2.45, 2.75) is 13.5 Å². The molecule has 2 aromatic carbocycles. The molecule has 0 aliphatic heterocycles. The molecule has 3 nitrogen and oxygen atoms in total. The summed E-state index contributed by atoms with van der Waals surface area (Å²) in [5.41, 5.74) is 2.62. The second kappa shape index (κ2) is 6.64. The predicted molar refractivity (Wildman–Crippen MR) is 84.5 cm³/mol. The lowest BCUT2D eigenvalue weighted by Gasteiger charge is -2.10. The number of carbonyl (C=O) groups is 1. The van der Waals surface area contributed by atoms with Crippen molar-refractivity contribution < 1.29 is 4.79 Å². The van der Waals surface area contributed by atoms with Crippen LogP contribution in [0.4, 0.5) is 11.4 Å². The van der Waals surface area contributed by atoms with Crippen LogP contribution in [0, 0.1) is 0 Å². The van der Waals surface area contributed by atoms with Gasteiger partial charge in [0, 0.05) is 34.9 Å².